The van der Waals surface area contributed by atoms with Crippen molar-refractivity contribution < 1.29 is 18.3 Å². The average Bonchev–Trinajstić information content (AvgIpc) is 3.04. The molecule has 0 aliphatic heterocycles. The molecule has 0 aromatic heterocycles. The molecule has 3 rings (SSSR count). The number of anilines is 1. The van der Waals surface area contributed by atoms with Crippen molar-refractivity contribution in [3.63, 3.8) is 0 Å². The normalized spacial score (nSPS) is 19.6. The molecule has 1 aliphatic rings. The van der Waals surface area contributed by atoms with Crippen LogP contribution in [0.3, 0.4) is 0 Å². The summed E-state index contributed by atoms with van der Waals surface area (Å²) in [6.07, 6.45) is 2.75. The van der Waals surface area contributed by atoms with Crippen LogP contribution in [0.25, 0.3) is 0 Å². The van der Waals surface area contributed by atoms with Crippen molar-refractivity contribution in [2.75, 3.05) is 11.9 Å². The smallest absolute Gasteiger partial charge is 0.227 e. The quantitative estimate of drug-likeness (QED) is 0.858. The molecule has 2 aromatic carbocycles. The van der Waals surface area contributed by atoms with E-state index in [4.69, 9.17) is 10.5 Å². The summed E-state index contributed by atoms with van der Waals surface area (Å²) < 4.78 is 32.2. The van der Waals surface area contributed by atoms with E-state index in [1.807, 2.05) is 0 Å². The maximum atomic E-state index is 13.3. The van der Waals surface area contributed by atoms with Crippen molar-refractivity contribution in [2.45, 2.75) is 19.3 Å². The van der Waals surface area contributed by atoms with Gasteiger partial charge in [-0.05, 0) is 37.4 Å². The Hall–Kier alpha value is -2.47. The molecule has 3 N–H and O–H groups in total. The maximum absolute atomic E-state index is 13.3. The van der Waals surface area contributed by atoms with E-state index in [1.54, 1.807) is 24.3 Å². The molecule has 1 amide bonds. The molecule has 1 fully saturated rings. The molecular weight excluding hydrogens is 326 g/mol. The van der Waals surface area contributed by atoms with Crippen LogP contribution < -0.4 is 15.8 Å². The monoisotopic (exact) mass is 346 g/mol. The van der Waals surface area contributed by atoms with E-state index in [0.29, 0.717) is 18.0 Å². The van der Waals surface area contributed by atoms with E-state index in [1.165, 1.54) is 0 Å². The van der Waals surface area contributed by atoms with Crippen molar-refractivity contribution in [3.8, 4) is 11.5 Å². The van der Waals surface area contributed by atoms with Gasteiger partial charge >= 0.3 is 0 Å². The standard InChI is InChI=1S/C19H20F2N2O2/c20-13-8-14(21)10-15(9-13)25-18-7-2-1-6-17(18)23-19(24)16-5-3-4-12(16)11-22/h1-2,6-10,12,16H,3-5,11,22H2,(H,23,24)/t12-,16-/m1/s1. The minimum absolute atomic E-state index is 0.0277. The second-order valence-corrected chi connectivity index (χ2v) is 6.23. The molecule has 0 heterocycles. The molecule has 0 bridgehead atoms. The number of amides is 1. The van der Waals surface area contributed by atoms with Gasteiger partial charge in [-0.25, -0.2) is 8.78 Å². The first-order chi connectivity index (χ1) is 12.1. The number of nitrogens with one attached hydrogen (secondary N) is 1. The second-order valence-electron chi connectivity index (χ2n) is 6.23. The molecule has 4 nitrogen and oxygen atoms in total. The molecule has 25 heavy (non-hydrogen) atoms. The zero-order chi connectivity index (χ0) is 17.8. The molecule has 6 heteroatoms. The van der Waals surface area contributed by atoms with Crippen molar-refractivity contribution >= 4 is 11.6 Å². The SMILES string of the molecule is NC[C@H]1CCC[C@H]1C(=O)Nc1ccccc1Oc1cc(F)cc(F)c1. The van der Waals surface area contributed by atoms with Crippen LogP contribution in [-0.2, 0) is 4.79 Å². The fraction of sp³-hybridized carbons (Fsp3) is 0.316. The van der Waals surface area contributed by atoms with Gasteiger partial charge in [0, 0.05) is 24.1 Å². The Labute approximate surface area is 145 Å². The van der Waals surface area contributed by atoms with Gasteiger partial charge < -0.3 is 15.8 Å². The first-order valence-corrected chi connectivity index (χ1v) is 8.30. The third-order valence-corrected chi connectivity index (χ3v) is 4.51. The second kappa shape index (κ2) is 7.61. The van der Waals surface area contributed by atoms with Crippen LogP contribution in [0.4, 0.5) is 14.5 Å². The van der Waals surface area contributed by atoms with E-state index >= 15 is 0 Å². The van der Waals surface area contributed by atoms with Crippen LogP contribution in [0.2, 0.25) is 0 Å². The molecular formula is C19H20F2N2O2. The number of para-hydroxylation sites is 2. The predicted octanol–water partition coefficient (Wildman–Crippen LogP) is 4.07. The minimum atomic E-state index is -0.728. The lowest BCUT2D eigenvalue weighted by Crippen LogP contribution is -2.29. The van der Waals surface area contributed by atoms with Gasteiger partial charge in [-0.3, -0.25) is 4.79 Å². The van der Waals surface area contributed by atoms with Gasteiger partial charge in [0.25, 0.3) is 0 Å². The Kier molecular flexibility index (Phi) is 5.28. The first kappa shape index (κ1) is 17.4. The zero-order valence-electron chi connectivity index (χ0n) is 13.7. The molecule has 1 saturated carbocycles. The number of carbonyl (C=O) groups excluding carboxylic acids is 1. The van der Waals surface area contributed by atoms with Gasteiger partial charge in [0.05, 0.1) is 5.69 Å². The van der Waals surface area contributed by atoms with Crippen LogP contribution >= 0.6 is 0 Å². The van der Waals surface area contributed by atoms with Gasteiger partial charge in [0.1, 0.15) is 17.4 Å². The summed E-state index contributed by atoms with van der Waals surface area (Å²) in [5.41, 5.74) is 6.20. The van der Waals surface area contributed by atoms with Crippen LogP contribution in [0.1, 0.15) is 19.3 Å². The largest absolute Gasteiger partial charge is 0.455 e. The Morgan fingerprint density at radius 3 is 2.60 bits per heavy atom. The fourth-order valence-electron chi connectivity index (χ4n) is 3.26. The number of halogens is 2. The topological polar surface area (TPSA) is 64.4 Å². The molecule has 0 saturated heterocycles. The summed E-state index contributed by atoms with van der Waals surface area (Å²) in [5.74, 6) is -1.14. The predicted molar refractivity (Wildman–Crippen MR) is 91.4 cm³/mol. The van der Waals surface area contributed by atoms with E-state index < -0.39 is 11.6 Å². The van der Waals surface area contributed by atoms with Crippen molar-refractivity contribution in [1.82, 2.24) is 0 Å². The number of ether oxygens (including phenoxy) is 1. The number of rotatable bonds is 5. The minimum Gasteiger partial charge on any atom is -0.455 e. The molecule has 0 unspecified atom stereocenters. The number of hydrogen-bond donors (Lipinski definition) is 2. The van der Waals surface area contributed by atoms with Crippen LogP contribution in [-0.4, -0.2) is 12.5 Å². The maximum Gasteiger partial charge on any atom is 0.227 e. The first-order valence-electron chi connectivity index (χ1n) is 8.30. The highest BCUT2D eigenvalue weighted by atomic mass is 19.1. The zero-order valence-corrected chi connectivity index (χ0v) is 13.7. The number of carbonyl (C=O) groups is 1. The molecule has 132 valence electrons. The number of hydrogen-bond acceptors (Lipinski definition) is 3. The highest BCUT2D eigenvalue weighted by Crippen LogP contribution is 2.34. The molecule has 2 aromatic rings. The summed E-state index contributed by atoms with van der Waals surface area (Å²) in [4.78, 5) is 12.6. The lowest BCUT2D eigenvalue weighted by atomic mass is 9.95. The third kappa shape index (κ3) is 4.14. The Morgan fingerprint density at radius 1 is 1.16 bits per heavy atom. The summed E-state index contributed by atoms with van der Waals surface area (Å²) in [6, 6.07) is 9.74. The average molecular weight is 346 g/mol. The van der Waals surface area contributed by atoms with Gasteiger partial charge in [-0.15, -0.1) is 0 Å². The third-order valence-electron chi connectivity index (χ3n) is 4.51. The van der Waals surface area contributed by atoms with Gasteiger partial charge in [0.15, 0.2) is 5.75 Å². The Balaban J connectivity index is 1.78. The summed E-state index contributed by atoms with van der Waals surface area (Å²) in [7, 11) is 0. The van der Waals surface area contributed by atoms with Crippen molar-refractivity contribution in [3.05, 3.63) is 54.1 Å². The summed E-state index contributed by atoms with van der Waals surface area (Å²) >= 11 is 0. The lowest BCUT2D eigenvalue weighted by molar-refractivity contribution is -0.120. The molecule has 0 radical (unpaired) electrons. The van der Waals surface area contributed by atoms with E-state index in [2.05, 4.69) is 5.32 Å². The number of benzene rings is 2. The Bertz CT molecular complexity index is 747. The number of nitrogens with two attached hydrogens (primary N) is 1. The summed E-state index contributed by atoms with van der Waals surface area (Å²) in [5, 5.41) is 2.86. The van der Waals surface area contributed by atoms with Gasteiger partial charge in [-0.2, -0.15) is 0 Å². The molecule has 1 aliphatic carbocycles. The van der Waals surface area contributed by atoms with Crippen LogP contribution in [0.15, 0.2) is 42.5 Å². The van der Waals surface area contributed by atoms with Crippen LogP contribution in [0.5, 0.6) is 11.5 Å². The Morgan fingerprint density at radius 2 is 1.88 bits per heavy atom. The van der Waals surface area contributed by atoms with E-state index in [-0.39, 0.29) is 23.5 Å². The lowest BCUT2D eigenvalue weighted by Gasteiger charge is -2.19. The van der Waals surface area contributed by atoms with Gasteiger partial charge in [0.2, 0.25) is 5.91 Å². The van der Waals surface area contributed by atoms with Crippen molar-refractivity contribution in [1.29, 1.82) is 0 Å². The highest BCUT2D eigenvalue weighted by molar-refractivity contribution is 5.94. The van der Waals surface area contributed by atoms with Gasteiger partial charge in [-0.1, -0.05) is 18.6 Å². The molecule has 2 atom stereocenters. The summed E-state index contributed by atoms with van der Waals surface area (Å²) in [6.45, 7) is 0.485. The molecule has 0 spiro atoms. The van der Waals surface area contributed by atoms with Crippen molar-refractivity contribution in [2.24, 2.45) is 17.6 Å². The van der Waals surface area contributed by atoms with E-state index in [9.17, 15) is 13.6 Å². The van der Waals surface area contributed by atoms with Crippen LogP contribution in [0, 0.1) is 23.5 Å². The fourth-order valence-corrected chi connectivity index (χ4v) is 3.26. The van der Waals surface area contributed by atoms with E-state index in [0.717, 1.165) is 37.5 Å². The highest BCUT2D eigenvalue weighted by Gasteiger charge is 2.32.